The zero-order valence-electron chi connectivity index (χ0n) is 19.0. The first-order chi connectivity index (χ1) is 16.4. The Morgan fingerprint density at radius 2 is 1.88 bits per heavy atom. The molecule has 34 heavy (non-hydrogen) atoms. The van der Waals surface area contributed by atoms with Gasteiger partial charge in [0.1, 0.15) is 5.75 Å². The minimum absolute atomic E-state index is 0.133. The summed E-state index contributed by atoms with van der Waals surface area (Å²) >= 11 is 4.46. The number of nitrogens with zero attached hydrogens (tertiary/aromatic N) is 1. The van der Waals surface area contributed by atoms with Gasteiger partial charge >= 0.3 is 0 Å². The van der Waals surface area contributed by atoms with Gasteiger partial charge in [0.25, 0.3) is 17.1 Å². The highest BCUT2D eigenvalue weighted by atomic mass is 79.9. The minimum Gasteiger partial charge on any atom is -0.483 e. The zero-order valence-corrected chi connectivity index (χ0v) is 21.4. The molecule has 6 nitrogen and oxygen atoms in total. The number of amides is 3. The van der Waals surface area contributed by atoms with Crippen LogP contribution >= 0.6 is 27.7 Å². The summed E-state index contributed by atoms with van der Waals surface area (Å²) in [5, 5.41) is 2.60. The van der Waals surface area contributed by atoms with E-state index in [1.807, 2.05) is 37.3 Å². The van der Waals surface area contributed by atoms with Crippen LogP contribution in [-0.2, 0) is 9.59 Å². The Morgan fingerprint density at radius 1 is 1.15 bits per heavy atom. The number of ether oxygens (including phenoxy) is 1. The van der Waals surface area contributed by atoms with Crippen LogP contribution in [0.2, 0.25) is 0 Å². The summed E-state index contributed by atoms with van der Waals surface area (Å²) < 4.78 is 6.30. The van der Waals surface area contributed by atoms with Crippen LogP contribution in [0.1, 0.15) is 43.2 Å². The number of nitrogens with one attached hydrogen (secondary N) is 1. The molecule has 0 atom stereocenters. The van der Waals surface area contributed by atoms with E-state index in [1.54, 1.807) is 18.2 Å². The topological polar surface area (TPSA) is 75.7 Å². The number of carbonyl (C=O) groups is 3. The van der Waals surface area contributed by atoms with E-state index in [0.29, 0.717) is 33.3 Å². The molecular formula is C26H27BrN2O4S. The summed E-state index contributed by atoms with van der Waals surface area (Å²) in [6, 6.07) is 12.9. The number of anilines is 1. The fraction of sp³-hybridized carbons (Fsp3) is 0.346. The predicted octanol–water partition coefficient (Wildman–Crippen LogP) is 6.39. The Labute approximate surface area is 212 Å². The maximum Gasteiger partial charge on any atom is 0.293 e. The summed E-state index contributed by atoms with van der Waals surface area (Å²) in [6.45, 7) is 2.37. The number of rotatable bonds is 7. The number of halogens is 1. The third-order valence-electron chi connectivity index (χ3n) is 5.99. The lowest BCUT2D eigenvalue weighted by Gasteiger charge is -2.25. The summed E-state index contributed by atoms with van der Waals surface area (Å²) in [4.78, 5) is 39.3. The molecule has 1 saturated heterocycles. The van der Waals surface area contributed by atoms with Gasteiger partial charge in [-0.3, -0.25) is 19.3 Å². The highest BCUT2D eigenvalue weighted by Gasteiger charge is 2.36. The van der Waals surface area contributed by atoms with E-state index < -0.39 is 0 Å². The summed E-state index contributed by atoms with van der Waals surface area (Å²) in [7, 11) is 0. The number of hydrogen-bond acceptors (Lipinski definition) is 5. The molecule has 0 bridgehead atoms. The second-order valence-electron chi connectivity index (χ2n) is 8.69. The Bertz CT molecular complexity index is 1110. The molecule has 4 rings (SSSR count). The number of hydrogen-bond donors (Lipinski definition) is 1. The maximum atomic E-state index is 12.8. The Hall–Kier alpha value is -2.58. The van der Waals surface area contributed by atoms with Crippen LogP contribution in [-0.4, -0.2) is 35.1 Å². The lowest BCUT2D eigenvalue weighted by Crippen LogP contribution is -2.34. The summed E-state index contributed by atoms with van der Waals surface area (Å²) in [6.07, 6.45) is 7.48. The second-order valence-corrected chi connectivity index (χ2v) is 10.5. The van der Waals surface area contributed by atoms with Crippen LogP contribution < -0.4 is 10.1 Å². The van der Waals surface area contributed by atoms with Crippen LogP contribution in [0, 0.1) is 12.8 Å². The molecule has 2 aromatic rings. The average Bonchev–Trinajstić information content (AvgIpc) is 3.08. The van der Waals surface area contributed by atoms with Gasteiger partial charge in [-0.1, -0.05) is 43.0 Å². The number of benzene rings is 2. The van der Waals surface area contributed by atoms with E-state index in [2.05, 4.69) is 21.2 Å². The van der Waals surface area contributed by atoms with Crippen molar-refractivity contribution < 1.29 is 19.1 Å². The standard InChI is InChI=1S/C26H27BrN2O4S/c1-17-7-10-20(11-8-17)28-24(30)16-33-22-12-9-19(13-21(22)27)14-23-25(31)29(26(32)34-23)15-18-5-3-2-4-6-18/h7-14,18H,2-6,15-16H2,1H3,(H,28,30)/b23-14+. The second kappa shape index (κ2) is 11.2. The van der Waals surface area contributed by atoms with Gasteiger partial charge in [0.15, 0.2) is 6.61 Å². The molecule has 0 spiro atoms. The predicted molar refractivity (Wildman–Crippen MR) is 139 cm³/mol. The van der Waals surface area contributed by atoms with Crippen LogP contribution in [0.25, 0.3) is 6.08 Å². The average molecular weight is 543 g/mol. The number of thioether (sulfide) groups is 1. The van der Waals surface area contributed by atoms with Gasteiger partial charge in [-0.15, -0.1) is 0 Å². The van der Waals surface area contributed by atoms with E-state index in [0.717, 1.165) is 35.7 Å². The fourth-order valence-electron chi connectivity index (χ4n) is 4.14. The van der Waals surface area contributed by atoms with Crippen molar-refractivity contribution in [2.45, 2.75) is 39.0 Å². The van der Waals surface area contributed by atoms with E-state index in [4.69, 9.17) is 4.74 Å². The minimum atomic E-state index is -0.258. The van der Waals surface area contributed by atoms with Crippen molar-refractivity contribution in [2.75, 3.05) is 18.5 Å². The lowest BCUT2D eigenvalue weighted by molar-refractivity contribution is -0.123. The molecule has 2 aromatic carbocycles. The number of imide groups is 1. The highest BCUT2D eigenvalue weighted by molar-refractivity contribution is 9.10. The van der Waals surface area contributed by atoms with Gasteiger partial charge in [0.05, 0.1) is 9.38 Å². The first-order valence-electron chi connectivity index (χ1n) is 11.4. The van der Waals surface area contributed by atoms with Crippen molar-refractivity contribution >= 4 is 56.5 Å². The Kier molecular flexibility index (Phi) is 8.11. The molecule has 0 radical (unpaired) electrons. The molecule has 0 aromatic heterocycles. The Morgan fingerprint density at radius 3 is 2.59 bits per heavy atom. The van der Waals surface area contributed by atoms with Crippen LogP contribution in [0.15, 0.2) is 51.8 Å². The molecule has 0 unspecified atom stereocenters. The van der Waals surface area contributed by atoms with Gasteiger partial charge in [-0.05, 0) is 89.3 Å². The molecule has 8 heteroatoms. The SMILES string of the molecule is Cc1ccc(NC(=O)COc2ccc(/C=C3/SC(=O)N(CC4CCCCC4)C3=O)cc2Br)cc1. The molecule has 3 amide bonds. The van der Waals surface area contributed by atoms with E-state index in [9.17, 15) is 14.4 Å². The van der Waals surface area contributed by atoms with Crippen LogP contribution in [0.5, 0.6) is 5.75 Å². The summed E-state index contributed by atoms with van der Waals surface area (Å²) in [5.41, 5.74) is 2.60. The quantitative estimate of drug-likeness (QED) is 0.410. The van der Waals surface area contributed by atoms with E-state index in [1.165, 1.54) is 24.2 Å². The van der Waals surface area contributed by atoms with Crippen LogP contribution in [0.4, 0.5) is 10.5 Å². The molecule has 178 valence electrons. The van der Waals surface area contributed by atoms with Crippen molar-refractivity contribution in [3.8, 4) is 5.75 Å². The van der Waals surface area contributed by atoms with E-state index >= 15 is 0 Å². The zero-order chi connectivity index (χ0) is 24.1. The third kappa shape index (κ3) is 6.30. The summed E-state index contributed by atoms with van der Waals surface area (Å²) in [5.74, 6) is 0.452. The monoisotopic (exact) mass is 542 g/mol. The first kappa shape index (κ1) is 24.5. The maximum absolute atomic E-state index is 12.8. The fourth-order valence-corrected chi connectivity index (χ4v) is 5.50. The molecule has 2 fully saturated rings. The molecule has 1 aliphatic carbocycles. The van der Waals surface area contributed by atoms with Gasteiger partial charge in [-0.25, -0.2) is 0 Å². The highest BCUT2D eigenvalue weighted by Crippen LogP contribution is 2.36. The van der Waals surface area contributed by atoms with E-state index in [-0.39, 0.29) is 23.7 Å². The van der Waals surface area contributed by atoms with Gasteiger partial charge in [0, 0.05) is 12.2 Å². The number of aryl methyl sites for hydroxylation is 1. The lowest BCUT2D eigenvalue weighted by atomic mass is 9.89. The molecule has 1 N–H and O–H groups in total. The largest absolute Gasteiger partial charge is 0.483 e. The third-order valence-corrected chi connectivity index (χ3v) is 7.51. The van der Waals surface area contributed by atoms with Crippen molar-refractivity contribution in [2.24, 2.45) is 5.92 Å². The molecule has 1 heterocycles. The first-order valence-corrected chi connectivity index (χ1v) is 13.0. The van der Waals surface area contributed by atoms with Gasteiger partial charge in [0.2, 0.25) is 0 Å². The van der Waals surface area contributed by atoms with Gasteiger partial charge in [-0.2, -0.15) is 0 Å². The van der Waals surface area contributed by atoms with Crippen molar-refractivity contribution in [3.05, 3.63) is 63.0 Å². The normalized spacial score (nSPS) is 17.9. The molecule has 1 aliphatic heterocycles. The van der Waals surface area contributed by atoms with Crippen LogP contribution in [0.3, 0.4) is 0 Å². The van der Waals surface area contributed by atoms with Crippen molar-refractivity contribution in [1.29, 1.82) is 0 Å². The van der Waals surface area contributed by atoms with Crippen molar-refractivity contribution in [3.63, 3.8) is 0 Å². The smallest absolute Gasteiger partial charge is 0.293 e. The molecular weight excluding hydrogens is 516 g/mol. The Balaban J connectivity index is 1.35. The van der Waals surface area contributed by atoms with Gasteiger partial charge < -0.3 is 10.1 Å². The molecule has 1 saturated carbocycles. The molecule has 2 aliphatic rings. The van der Waals surface area contributed by atoms with Crippen molar-refractivity contribution in [1.82, 2.24) is 4.90 Å². The number of carbonyl (C=O) groups excluding carboxylic acids is 3.